The maximum Gasteiger partial charge on any atom is 0.248 e. The van der Waals surface area contributed by atoms with E-state index in [1.807, 2.05) is 25.1 Å². The fourth-order valence-electron chi connectivity index (χ4n) is 1.95. The number of benzene rings is 2. The molecule has 3 N–H and O–H groups in total. The van der Waals surface area contributed by atoms with Crippen LogP contribution in [0.15, 0.2) is 54.6 Å². The predicted molar refractivity (Wildman–Crippen MR) is 88.7 cm³/mol. The van der Waals surface area contributed by atoms with Crippen LogP contribution in [0.2, 0.25) is 5.02 Å². The van der Waals surface area contributed by atoms with E-state index in [9.17, 15) is 9.59 Å². The van der Waals surface area contributed by atoms with Crippen LogP contribution in [0.1, 0.15) is 22.8 Å². The van der Waals surface area contributed by atoms with Crippen molar-refractivity contribution in [3.8, 4) is 0 Å². The Morgan fingerprint density at radius 1 is 1.09 bits per heavy atom. The highest BCUT2D eigenvalue weighted by molar-refractivity contribution is 6.32. The summed E-state index contributed by atoms with van der Waals surface area (Å²) in [7, 11) is 0. The van der Waals surface area contributed by atoms with Gasteiger partial charge in [0, 0.05) is 22.3 Å². The second-order valence-corrected chi connectivity index (χ2v) is 5.15. The molecule has 0 atom stereocenters. The number of amides is 2. The van der Waals surface area contributed by atoms with Crippen LogP contribution in [0.3, 0.4) is 0 Å². The van der Waals surface area contributed by atoms with Gasteiger partial charge in [0.1, 0.15) is 0 Å². The first-order valence-corrected chi connectivity index (χ1v) is 6.99. The second-order valence-electron chi connectivity index (χ2n) is 4.74. The lowest BCUT2D eigenvalue weighted by molar-refractivity contribution is -0.111. The fourth-order valence-corrected chi connectivity index (χ4v) is 2.24. The summed E-state index contributed by atoms with van der Waals surface area (Å²) in [6.45, 7) is 1.82. The van der Waals surface area contributed by atoms with Crippen LogP contribution in [0.5, 0.6) is 0 Å². The van der Waals surface area contributed by atoms with E-state index in [1.54, 1.807) is 30.3 Å². The second kappa shape index (κ2) is 6.91. The zero-order valence-corrected chi connectivity index (χ0v) is 12.7. The molecule has 2 aromatic carbocycles. The molecule has 5 heteroatoms. The molecule has 0 aromatic heterocycles. The maximum atomic E-state index is 12.0. The van der Waals surface area contributed by atoms with E-state index in [1.165, 1.54) is 6.08 Å². The quantitative estimate of drug-likeness (QED) is 0.848. The van der Waals surface area contributed by atoms with Crippen LogP contribution >= 0.6 is 11.6 Å². The number of allylic oxidation sites excluding steroid dienone is 1. The monoisotopic (exact) mass is 314 g/mol. The minimum absolute atomic E-state index is 0.274. The number of anilines is 1. The van der Waals surface area contributed by atoms with Crippen molar-refractivity contribution in [2.24, 2.45) is 5.73 Å². The van der Waals surface area contributed by atoms with Gasteiger partial charge in [-0.25, -0.2) is 0 Å². The molecule has 0 radical (unpaired) electrons. The summed E-state index contributed by atoms with van der Waals surface area (Å²) in [6, 6.07) is 13.7. The lowest BCUT2D eigenvalue weighted by Gasteiger charge is -2.06. The van der Waals surface area contributed by atoms with Gasteiger partial charge < -0.3 is 11.1 Å². The standard InChI is InChI=1S/C17H15ClN2O2/c1-11(14-4-2-3-5-15(14)18)10-16(21)20-13-8-6-12(7-9-13)17(19)22/h2-10H,1H3,(H2,19,22)(H,20,21). The molecule has 2 amide bonds. The Labute approximate surface area is 133 Å². The molecule has 0 saturated carbocycles. The minimum Gasteiger partial charge on any atom is -0.366 e. The fraction of sp³-hybridized carbons (Fsp3) is 0.0588. The molecular formula is C17H15ClN2O2. The van der Waals surface area contributed by atoms with E-state index in [0.29, 0.717) is 16.3 Å². The smallest absolute Gasteiger partial charge is 0.248 e. The molecule has 2 aromatic rings. The molecular weight excluding hydrogens is 300 g/mol. The Bertz CT molecular complexity index is 737. The molecule has 0 saturated heterocycles. The van der Waals surface area contributed by atoms with E-state index in [4.69, 9.17) is 17.3 Å². The topological polar surface area (TPSA) is 72.2 Å². The van der Waals surface area contributed by atoms with Crippen LogP contribution < -0.4 is 11.1 Å². The molecule has 0 spiro atoms. The SMILES string of the molecule is CC(=CC(=O)Nc1ccc(C(N)=O)cc1)c1ccccc1Cl. The van der Waals surface area contributed by atoms with Gasteiger partial charge in [0.2, 0.25) is 11.8 Å². The summed E-state index contributed by atoms with van der Waals surface area (Å²) in [5, 5.41) is 3.31. The van der Waals surface area contributed by atoms with Gasteiger partial charge in [-0.15, -0.1) is 0 Å². The van der Waals surface area contributed by atoms with Crippen molar-refractivity contribution in [1.82, 2.24) is 0 Å². The Kier molecular flexibility index (Phi) is 4.96. The highest BCUT2D eigenvalue weighted by Gasteiger charge is 2.05. The van der Waals surface area contributed by atoms with Crippen molar-refractivity contribution in [3.63, 3.8) is 0 Å². The Morgan fingerprint density at radius 3 is 2.32 bits per heavy atom. The highest BCUT2D eigenvalue weighted by atomic mass is 35.5. The molecule has 4 nitrogen and oxygen atoms in total. The average Bonchev–Trinajstić information content (AvgIpc) is 2.48. The van der Waals surface area contributed by atoms with Crippen LogP contribution in [-0.4, -0.2) is 11.8 Å². The van der Waals surface area contributed by atoms with Crippen molar-refractivity contribution in [2.45, 2.75) is 6.92 Å². The molecule has 112 valence electrons. The summed E-state index contributed by atoms with van der Waals surface area (Å²) >= 11 is 6.09. The Hall–Kier alpha value is -2.59. The number of carbonyl (C=O) groups excluding carboxylic acids is 2. The van der Waals surface area contributed by atoms with Gasteiger partial charge in [-0.3, -0.25) is 9.59 Å². The largest absolute Gasteiger partial charge is 0.366 e. The number of nitrogens with two attached hydrogens (primary N) is 1. The number of carbonyl (C=O) groups is 2. The van der Waals surface area contributed by atoms with E-state index in [2.05, 4.69) is 5.32 Å². The summed E-state index contributed by atoms with van der Waals surface area (Å²) in [6.07, 6.45) is 1.48. The molecule has 0 aliphatic heterocycles. The van der Waals surface area contributed by atoms with Crippen LogP contribution in [0, 0.1) is 0 Å². The molecule has 0 bridgehead atoms. The highest BCUT2D eigenvalue weighted by Crippen LogP contribution is 2.23. The third kappa shape index (κ3) is 3.96. The number of hydrogen-bond donors (Lipinski definition) is 2. The number of halogens is 1. The number of rotatable bonds is 4. The van der Waals surface area contributed by atoms with Gasteiger partial charge in [0.15, 0.2) is 0 Å². The van der Waals surface area contributed by atoms with Gasteiger partial charge in [-0.1, -0.05) is 29.8 Å². The zero-order valence-electron chi connectivity index (χ0n) is 12.0. The first-order chi connectivity index (χ1) is 10.5. The number of primary amides is 1. The van der Waals surface area contributed by atoms with Crippen LogP contribution in [0.4, 0.5) is 5.69 Å². The van der Waals surface area contributed by atoms with Crippen molar-refractivity contribution in [1.29, 1.82) is 0 Å². The normalized spacial score (nSPS) is 11.1. The first-order valence-electron chi connectivity index (χ1n) is 6.61. The van der Waals surface area contributed by atoms with E-state index >= 15 is 0 Å². The van der Waals surface area contributed by atoms with Crippen molar-refractivity contribution in [3.05, 3.63) is 70.8 Å². The molecule has 0 aliphatic carbocycles. The van der Waals surface area contributed by atoms with Crippen LogP contribution in [-0.2, 0) is 4.79 Å². The van der Waals surface area contributed by atoms with E-state index < -0.39 is 5.91 Å². The lowest BCUT2D eigenvalue weighted by Crippen LogP contribution is -2.12. The van der Waals surface area contributed by atoms with Gasteiger partial charge in [0.25, 0.3) is 0 Å². The van der Waals surface area contributed by atoms with Crippen molar-refractivity contribution >= 4 is 34.7 Å². The number of hydrogen-bond acceptors (Lipinski definition) is 2. The van der Waals surface area contributed by atoms with Crippen molar-refractivity contribution in [2.75, 3.05) is 5.32 Å². The first kappa shape index (κ1) is 15.8. The zero-order chi connectivity index (χ0) is 16.1. The average molecular weight is 315 g/mol. The van der Waals surface area contributed by atoms with Gasteiger partial charge in [0.05, 0.1) is 0 Å². The lowest BCUT2D eigenvalue weighted by atomic mass is 10.1. The molecule has 22 heavy (non-hydrogen) atoms. The summed E-state index contributed by atoms with van der Waals surface area (Å²) in [4.78, 5) is 23.0. The molecule has 0 heterocycles. The predicted octanol–water partition coefficient (Wildman–Crippen LogP) is 3.48. The Morgan fingerprint density at radius 2 is 1.73 bits per heavy atom. The van der Waals surface area contributed by atoms with Gasteiger partial charge in [-0.05, 0) is 48.4 Å². The van der Waals surface area contributed by atoms with Crippen molar-refractivity contribution < 1.29 is 9.59 Å². The minimum atomic E-state index is -0.507. The third-order valence-corrected chi connectivity index (χ3v) is 3.41. The number of nitrogens with one attached hydrogen (secondary N) is 1. The van der Waals surface area contributed by atoms with Gasteiger partial charge in [-0.2, -0.15) is 0 Å². The Balaban J connectivity index is 2.10. The van der Waals surface area contributed by atoms with Gasteiger partial charge >= 0.3 is 0 Å². The molecule has 0 fully saturated rings. The summed E-state index contributed by atoms with van der Waals surface area (Å²) < 4.78 is 0. The van der Waals surface area contributed by atoms with E-state index in [-0.39, 0.29) is 5.91 Å². The van der Waals surface area contributed by atoms with Crippen LogP contribution in [0.25, 0.3) is 5.57 Å². The molecule has 0 unspecified atom stereocenters. The molecule has 0 aliphatic rings. The summed E-state index contributed by atoms with van der Waals surface area (Å²) in [5.41, 5.74) is 7.70. The summed E-state index contributed by atoms with van der Waals surface area (Å²) in [5.74, 6) is -0.781. The maximum absolute atomic E-state index is 12.0. The third-order valence-electron chi connectivity index (χ3n) is 3.08. The molecule has 2 rings (SSSR count). The van der Waals surface area contributed by atoms with E-state index in [0.717, 1.165) is 11.1 Å².